The minimum Gasteiger partial charge on any atom is -0.356 e. The third-order valence-electron chi connectivity index (χ3n) is 7.23. The van der Waals surface area contributed by atoms with Gasteiger partial charge in [0.25, 0.3) is 0 Å². The van der Waals surface area contributed by atoms with Gasteiger partial charge in [0.2, 0.25) is 0 Å². The zero-order valence-corrected chi connectivity index (χ0v) is 24.0. The molecule has 0 aromatic heterocycles. The molecule has 216 valence electrons. The van der Waals surface area contributed by atoms with Crippen molar-refractivity contribution in [3.63, 3.8) is 0 Å². The molecular weight excluding hydrogens is 508 g/mol. The summed E-state index contributed by atoms with van der Waals surface area (Å²) in [5.74, 6) is 0.693. The van der Waals surface area contributed by atoms with Gasteiger partial charge in [0.05, 0.1) is 0 Å². The molecule has 0 aliphatic heterocycles. The predicted octanol–water partition coefficient (Wildman–Crippen LogP) is 4.26. The molecule has 2 saturated carbocycles. The highest BCUT2D eigenvalue weighted by molar-refractivity contribution is 8.00. The van der Waals surface area contributed by atoms with E-state index in [-0.39, 0.29) is 23.8 Å². The summed E-state index contributed by atoms with van der Waals surface area (Å²) in [4.78, 5) is 1.22. The second-order valence-corrected chi connectivity index (χ2v) is 11.9. The Morgan fingerprint density at radius 2 is 1.18 bits per heavy atom. The van der Waals surface area contributed by atoms with Crippen LogP contribution >= 0.6 is 11.8 Å². The van der Waals surface area contributed by atoms with Crippen molar-refractivity contribution in [2.45, 2.75) is 106 Å². The molecule has 0 spiro atoms. The minimum atomic E-state index is 0.150. The van der Waals surface area contributed by atoms with E-state index < -0.39 is 0 Å². The summed E-state index contributed by atoms with van der Waals surface area (Å²) < 4.78 is 0. The number of hydrogen-bond donors (Lipinski definition) is 10. The van der Waals surface area contributed by atoms with E-state index in [4.69, 9.17) is 21.6 Å². The molecule has 0 bridgehead atoms. The topological polar surface area (TPSA) is 168 Å². The molecule has 39 heavy (non-hydrogen) atoms. The number of benzene rings is 1. The smallest absolute Gasteiger partial charge is 0.195 e. The highest BCUT2D eigenvalue weighted by Gasteiger charge is 2.16. The molecule has 11 heteroatoms. The van der Waals surface area contributed by atoms with E-state index in [0.29, 0.717) is 30.4 Å². The second-order valence-electron chi connectivity index (χ2n) is 10.5. The summed E-state index contributed by atoms with van der Waals surface area (Å²) in [5.41, 5.74) is 0. The summed E-state index contributed by atoms with van der Waals surface area (Å²) in [7, 11) is 0. The van der Waals surface area contributed by atoms with E-state index in [1.54, 1.807) is 0 Å². The van der Waals surface area contributed by atoms with Gasteiger partial charge in [-0.3, -0.25) is 32.3 Å². The van der Waals surface area contributed by atoms with Crippen LogP contribution in [0.5, 0.6) is 0 Å². The third-order valence-corrected chi connectivity index (χ3v) is 8.58. The van der Waals surface area contributed by atoms with Gasteiger partial charge >= 0.3 is 0 Å². The van der Waals surface area contributed by atoms with Gasteiger partial charge < -0.3 is 21.3 Å². The summed E-state index contributed by atoms with van der Waals surface area (Å²) in [6.07, 6.45) is 14.5. The SMILES string of the molecule is N=C(NCCCC(CCNC(=N)NC(=N)NC1CCCCC1)Sc1ccccc1)NC(=N)NC1CCCCC1. The van der Waals surface area contributed by atoms with Gasteiger partial charge in [-0.15, -0.1) is 11.8 Å². The first-order valence-electron chi connectivity index (χ1n) is 14.6. The van der Waals surface area contributed by atoms with Gasteiger partial charge in [-0.05, 0) is 57.1 Å². The van der Waals surface area contributed by atoms with Crippen molar-refractivity contribution in [3.8, 4) is 0 Å². The maximum atomic E-state index is 8.18. The number of hydrogen-bond acceptors (Lipinski definition) is 5. The molecule has 2 aliphatic carbocycles. The van der Waals surface area contributed by atoms with Crippen LogP contribution in [0.15, 0.2) is 35.2 Å². The van der Waals surface area contributed by atoms with E-state index in [9.17, 15) is 0 Å². The summed E-state index contributed by atoms with van der Waals surface area (Å²) in [6.45, 7) is 1.30. The van der Waals surface area contributed by atoms with Crippen molar-refractivity contribution >= 4 is 35.6 Å². The highest BCUT2D eigenvalue weighted by Crippen LogP contribution is 2.28. The first kappa shape index (κ1) is 30.6. The Morgan fingerprint density at radius 1 is 0.667 bits per heavy atom. The van der Waals surface area contributed by atoms with Crippen molar-refractivity contribution in [2.24, 2.45) is 0 Å². The quantitative estimate of drug-likeness (QED) is 0.0841. The predicted molar refractivity (Wildman–Crippen MR) is 163 cm³/mol. The Labute approximate surface area is 238 Å². The zero-order chi connectivity index (χ0) is 27.7. The lowest BCUT2D eigenvalue weighted by atomic mass is 9.96. The van der Waals surface area contributed by atoms with Crippen LogP contribution in [-0.2, 0) is 0 Å². The molecule has 10 nitrogen and oxygen atoms in total. The van der Waals surface area contributed by atoms with Gasteiger partial charge in [-0.2, -0.15) is 0 Å². The number of thioether (sulfide) groups is 1. The summed E-state index contributed by atoms with van der Waals surface area (Å²) in [6, 6.07) is 11.0. The highest BCUT2D eigenvalue weighted by atomic mass is 32.2. The largest absolute Gasteiger partial charge is 0.356 e. The van der Waals surface area contributed by atoms with Crippen LogP contribution in [-0.4, -0.2) is 54.3 Å². The van der Waals surface area contributed by atoms with Gasteiger partial charge in [0.1, 0.15) is 0 Å². The molecule has 2 fully saturated rings. The van der Waals surface area contributed by atoms with Crippen molar-refractivity contribution in [3.05, 3.63) is 30.3 Å². The van der Waals surface area contributed by atoms with Crippen molar-refractivity contribution in [1.82, 2.24) is 31.9 Å². The second kappa shape index (κ2) is 17.6. The average Bonchev–Trinajstić information content (AvgIpc) is 2.92. The first-order valence-corrected chi connectivity index (χ1v) is 15.5. The zero-order valence-electron chi connectivity index (χ0n) is 23.1. The van der Waals surface area contributed by atoms with Gasteiger partial charge in [-0.1, -0.05) is 56.7 Å². The molecule has 1 aromatic rings. The molecule has 0 saturated heterocycles. The van der Waals surface area contributed by atoms with Crippen molar-refractivity contribution < 1.29 is 0 Å². The fraction of sp³-hybridized carbons (Fsp3) is 0.643. The summed E-state index contributed by atoms with van der Waals surface area (Å²) in [5, 5.41) is 51.1. The molecule has 1 atom stereocenters. The van der Waals surface area contributed by atoms with E-state index >= 15 is 0 Å². The Hall–Kier alpha value is -2.95. The molecule has 3 rings (SSSR count). The molecule has 0 radical (unpaired) electrons. The maximum absolute atomic E-state index is 8.18. The van der Waals surface area contributed by atoms with E-state index in [1.807, 2.05) is 30.0 Å². The Kier molecular flexibility index (Phi) is 13.8. The van der Waals surface area contributed by atoms with E-state index in [2.05, 4.69) is 44.0 Å². The molecular formula is C28H48N10S. The molecule has 1 unspecified atom stereocenters. The Bertz CT molecular complexity index is 897. The first-order chi connectivity index (χ1) is 19.0. The van der Waals surface area contributed by atoms with Crippen LogP contribution in [0.2, 0.25) is 0 Å². The number of rotatable bonds is 11. The van der Waals surface area contributed by atoms with Gasteiger partial charge in [-0.25, -0.2) is 0 Å². The maximum Gasteiger partial charge on any atom is 0.195 e. The molecule has 10 N–H and O–H groups in total. The lowest BCUT2D eigenvalue weighted by Gasteiger charge is -2.24. The molecule has 2 aliphatic rings. The lowest BCUT2D eigenvalue weighted by Crippen LogP contribution is -2.49. The third kappa shape index (κ3) is 13.1. The van der Waals surface area contributed by atoms with Gasteiger partial charge in [0.15, 0.2) is 23.8 Å². The van der Waals surface area contributed by atoms with Gasteiger partial charge in [0, 0.05) is 35.3 Å². The molecule has 0 amide bonds. The van der Waals surface area contributed by atoms with Crippen LogP contribution in [0.25, 0.3) is 0 Å². The normalized spacial score (nSPS) is 16.9. The fourth-order valence-corrected chi connectivity index (χ4v) is 6.39. The fourth-order valence-electron chi connectivity index (χ4n) is 5.17. The van der Waals surface area contributed by atoms with E-state index in [0.717, 1.165) is 44.9 Å². The van der Waals surface area contributed by atoms with Crippen LogP contribution in [0.4, 0.5) is 0 Å². The van der Waals surface area contributed by atoms with Crippen LogP contribution in [0.3, 0.4) is 0 Å². The van der Waals surface area contributed by atoms with Crippen LogP contribution in [0, 0.1) is 21.6 Å². The summed E-state index contributed by atoms with van der Waals surface area (Å²) >= 11 is 1.84. The average molecular weight is 557 g/mol. The lowest BCUT2D eigenvalue weighted by molar-refractivity contribution is 0.411. The van der Waals surface area contributed by atoms with Crippen LogP contribution < -0.4 is 31.9 Å². The van der Waals surface area contributed by atoms with Crippen molar-refractivity contribution in [1.29, 1.82) is 21.6 Å². The monoisotopic (exact) mass is 556 g/mol. The van der Waals surface area contributed by atoms with Crippen LogP contribution in [0.1, 0.15) is 83.5 Å². The Morgan fingerprint density at radius 3 is 1.72 bits per heavy atom. The number of guanidine groups is 4. The molecule has 0 heterocycles. The Balaban J connectivity index is 1.34. The molecule has 1 aromatic carbocycles. The number of nitrogens with one attached hydrogen (secondary N) is 10. The minimum absolute atomic E-state index is 0.150. The van der Waals surface area contributed by atoms with Crippen molar-refractivity contribution in [2.75, 3.05) is 13.1 Å². The standard InChI is InChI=1S/C28H48N10S/c29-25(37-27(31)35-21-11-4-1-5-12-21)33-19-10-17-24(39-23-15-8-3-9-16-23)18-20-34-26(30)38-28(32)36-22-13-6-2-7-14-22/h3,8-9,15-16,21-22,24H,1-2,4-7,10-14,17-20H2,(H5,29,31,33,35,37)(H5,30,32,34,36,38). The van der Waals surface area contributed by atoms with E-state index in [1.165, 1.54) is 43.4 Å².